The SMILES string of the molecule is CC#Cc1ccc(-c2ccc(CN)nn2)c(O/C(=C/C(=N)c2ccccn2)NC)c1. The van der Waals surface area contributed by atoms with Gasteiger partial charge in [0.1, 0.15) is 5.75 Å². The summed E-state index contributed by atoms with van der Waals surface area (Å²) < 4.78 is 6.11. The molecule has 7 heteroatoms. The lowest BCUT2D eigenvalue weighted by Crippen LogP contribution is -2.15. The van der Waals surface area contributed by atoms with Gasteiger partial charge in [-0.05, 0) is 49.4 Å². The normalized spacial score (nSPS) is 10.7. The zero-order valence-electron chi connectivity index (χ0n) is 16.8. The molecule has 150 valence electrons. The summed E-state index contributed by atoms with van der Waals surface area (Å²) in [4.78, 5) is 4.19. The molecule has 0 bridgehead atoms. The Morgan fingerprint density at radius 2 is 2.07 bits per heavy atom. The summed E-state index contributed by atoms with van der Waals surface area (Å²) in [6.45, 7) is 2.10. The maximum Gasteiger partial charge on any atom is 0.195 e. The number of aromatic nitrogens is 3. The molecule has 3 rings (SSSR count). The van der Waals surface area contributed by atoms with Crippen molar-refractivity contribution in [2.45, 2.75) is 13.5 Å². The Labute approximate surface area is 175 Å². The van der Waals surface area contributed by atoms with E-state index in [4.69, 9.17) is 15.9 Å². The fraction of sp³-hybridized carbons (Fsp3) is 0.130. The van der Waals surface area contributed by atoms with Crippen molar-refractivity contribution in [3.63, 3.8) is 0 Å². The average molecular weight is 398 g/mol. The second-order valence-corrected chi connectivity index (χ2v) is 6.19. The summed E-state index contributed by atoms with van der Waals surface area (Å²) in [6.07, 6.45) is 3.22. The van der Waals surface area contributed by atoms with Crippen molar-refractivity contribution in [3.05, 3.63) is 83.6 Å². The van der Waals surface area contributed by atoms with Crippen molar-refractivity contribution in [2.75, 3.05) is 7.05 Å². The van der Waals surface area contributed by atoms with Crippen LogP contribution < -0.4 is 15.8 Å². The van der Waals surface area contributed by atoms with Crippen molar-refractivity contribution in [1.29, 1.82) is 5.41 Å². The van der Waals surface area contributed by atoms with Crippen LogP contribution in [0.1, 0.15) is 23.9 Å². The number of allylic oxidation sites excluding steroid dienone is 1. The van der Waals surface area contributed by atoms with Gasteiger partial charge in [-0.1, -0.05) is 12.0 Å². The molecule has 0 aliphatic rings. The molecule has 0 atom stereocenters. The van der Waals surface area contributed by atoms with Crippen molar-refractivity contribution in [3.8, 4) is 28.8 Å². The Balaban J connectivity index is 1.98. The van der Waals surface area contributed by atoms with Crippen LogP contribution in [0.3, 0.4) is 0 Å². The molecule has 1 aromatic carbocycles. The molecule has 0 saturated heterocycles. The first-order valence-corrected chi connectivity index (χ1v) is 9.31. The zero-order chi connectivity index (χ0) is 21.3. The molecule has 3 aromatic rings. The Bertz CT molecular complexity index is 1110. The van der Waals surface area contributed by atoms with Gasteiger partial charge in [0.2, 0.25) is 0 Å². The molecular formula is C23H22N6O. The molecule has 0 spiro atoms. The first-order chi connectivity index (χ1) is 14.6. The van der Waals surface area contributed by atoms with Crippen LogP contribution in [0.4, 0.5) is 0 Å². The van der Waals surface area contributed by atoms with E-state index in [0.717, 1.165) is 11.1 Å². The molecule has 0 aliphatic heterocycles. The highest BCUT2D eigenvalue weighted by Crippen LogP contribution is 2.30. The highest BCUT2D eigenvalue weighted by atomic mass is 16.5. The van der Waals surface area contributed by atoms with E-state index in [-0.39, 0.29) is 5.71 Å². The number of hydrogen-bond donors (Lipinski definition) is 3. The number of hydrogen-bond acceptors (Lipinski definition) is 7. The summed E-state index contributed by atoms with van der Waals surface area (Å²) >= 11 is 0. The number of pyridine rings is 1. The molecule has 2 aromatic heterocycles. The first-order valence-electron chi connectivity index (χ1n) is 9.31. The lowest BCUT2D eigenvalue weighted by Gasteiger charge is -2.14. The van der Waals surface area contributed by atoms with E-state index in [9.17, 15) is 0 Å². The minimum Gasteiger partial charge on any atom is -0.441 e. The van der Waals surface area contributed by atoms with Crippen LogP contribution in [-0.2, 0) is 6.54 Å². The predicted octanol–water partition coefficient (Wildman–Crippen LogP) is 2.88. The quantitative estimate of drug-likeness (QED) is 0.321. The van der Waals surface area contributed by atoms with Crippen LogP contribution in [0.15, 0.2) is 66.7 Å². The molecule has 0 fully saturated rings. The van der Waals surface area contributed by atoms with Crippen molar-refractivity contribution < 1.29 is 4.74 Å². The van der Waals surface area contributed by atoms with Crippen molar-refractivity contribution >= 4 is 5.71 Å². The van der Waals surface area contributed by atoms with Crippen molar-refractivity contribution in [1.82, 2.24) is 20.5 Å². The van der Waals surface area contributed by atoms with Gasteiger partial charge in [-0.2, -0.15) is 10.2 Å². The summed E-state index contributed by atoms with van der Waals surface area (Å²) in [6, 6.07) is 14.7. The molecule has 0 unspecified atom stereocenters. The van der Waals surface area contributed by atoms with Crippen LogP contribution in [0.5, 0.6) is 5.75 Å². The van der Waals surface area contributed by atoms with E-state index in [0.29, 0.717) is 35.3 Å². The standard InChI is InChI=1S/C23H22N6O/c1-3-6-16-8-10-18(20-11-9-17(15-24)28-29-20)22(13-16)30-23(26-2)14-19(25)21-7-4-5-12-27-21/h4-5,7-14,25-26H,15,24H2,1-2H3/b23-14+,25-19?. The van der Waals surface area contributed by atoms with Crippen LogP contribution in [0, 0.1) is 17.3 Å². The third-order valence-corrected chi connectivity index (χ3v) is 4.14. The minimum atomic E-state index is 0.220. The highest BCUT2D eigenvalue weighted by molar-refractivity contribution is 6.05. The van der Waals surface area contributed by atoms with Crippen molar-refractivity contribution in [2.24, 2.45) is 5.73 Å². The monoisotopic (exact) mass is 398 g/mol. The Morgan fingerprint density at radius 3 is 2.70 bits per heavy atom. The molecule has 0 amide bonds. The summed E-state index contributed by atoms with van der Waals surface area (Å²) in [7, 11) is 1.72. The van der Waals surface area contributed by atoms with Gasteiger partial charge in [0, 0.05) is 37.0 Å². The second-order valence-electron chi connectivity index (χ2n) is 6.19. The van der Waals surface area contributed by atoms with Crippen LogP contribution >= 0.6 is 0 Å². The number of nitrogens with one attached hydrogen (secondary N) is 2. The van der Waals surface area contributed by atoms with Gasteiger partial charge in [-0.25, -0.2) is 0 Å². The summed E-state index contributed by atoms with van der Waals surface area (Å²) in [5.74, 6) is 6.84. The average Bonchev–Trinajstić information content (AvgIpc) is 2.79. The van der Waals surface area contributed by atoms with Gasteiger partial charge in [0.15, 0.2) is 5.88 Å². The first kappa shape index (κ1) is 20.7. The van der Waals surface area contributed by atoms with E-state index < -0.39 is 0 Å². The molecule has 2 heterocycles. The van der Waals surface area contributed by atoms with Gasteiger partial charge in [0.25, 0.3) is 0 Å². The Kier molecular flexibility index (Phi) is 6.87. The predicted molar refractivity (Wildman–Crippen MR) is 117 cm³/mol. The highest BCUT2D eigenvalue weighted by Gasteiger charge is 2.12. The second kappa shape index (κ2) is 9.96. The maximum atomic E-state index is 8.28. The van der Waals surface area contributed by atoms with Gasteiger partial charge in [-0.15, -0.1) is 5.92 Å². The van der Waals surface area contributed by atoms with E-state index >= 15 is 0 Å². The van der Waals surface area contributed by atoms with Crippen LogP contribution in [0.25, 0.3) is 11.3 Å². The third kappa shape index (κ3) is 5.07. The Hall–Kier alpha value is -4.02. The largest absolute Gasteiger partial charge is 0.441 e. The number of nitrogens with zero attached hydrogens (tertiary/aromatic N) is 3. The minimum absolute atomic E-state index is 0.220. The van der Waals surface area contributed by atoms with Gasteiger partial charge in [-0.3, -0.25) is 10.4 Å². The number of ether oxygens (including phenoxy) is 1. The maximum absolute atomic E-state index is 8.28. The van der Waals surface area contributed by atoms with Crippen LogP contribution in [0.2, 0.25) is 0 Å². The smallest absolute Gasteiger partial charge is 0.195 e. The molecular weight excluding hydrogens is 376 g/mol. The topological polar surface area (TPSA) is 110 Å². The molecule has 7 nitrogen and oxygen atoms in total. The summed E-state index contributed by atoms with van der Waals surface area (Å²) in [5, 5.41) is 19.7. The molecule has 4 N–H and O–H groups in total. The zero-order valence-corrected chi connectivity index (χ0v) is 16.8. The number of rotatable bonds is 7. The lowest BCUT2D eigenvalue weighted by molar-refractivity contribution is 0.394. The Morgan fingerprint density at radius 1 is 1.20 bits per heavy atom. The van der Waals surface area contributed by atoms with E-state index in [1.165, 1.54) is 0 Å². The molecule has 0 aliphatic carbocycles. The fourth-order valence-electron chi connectivity index (χ4n) is 2.65. The fourth-order valence-corrected chi connectivity index (χ4v) is 2.65. The van der Waals surface area contributed by atoms with E-state index in [1.807, 2.05) is 36.4 Å². The number of benzene rings is 1. The molecule has 0 radical (unpaired) electrons. The molecule has 30 heavy (non-hydrogen) atoms. The van der Waals surface area contributed by atoms with Gasteiger partial charge >= 0.3 is 0 Å². The lowest BCUT2D eigenvalue weighted by atomic mass is 10.1. The third-order valence-electron chi connectivity index (χ3n) is 4.14. The van der Waals surface area contributed by atoms with Crippen LogP contribution in [-0.4, -0.2) is 27.9 Å². The summed E-state index contributed by atoms with van der Waals surface area (Å²) in [5.41, 5.74) is 9.28. The molecule has 0 saturated carbocycles. The van der Waals surface area contributed by atoms with Gasteiger partial charge < -0.3 is 15.8 Å². The van der Waals surface area contributed by atoms with Gasteiger partial charge in [0.05, 0.1) is 22.8 Å². The van der Waals surface area contributed by atoms with E-state index in [2.05, 4.69) is 32.3 Å². The number of nitrogens with two attached hydrogens (primary N) is 1. The van der Waals surface area contributed by atoms with E-state index in [1.54, 1.807) is 38.4 Å².